The molecule has 0 saturated carbocycles. The number of amides is 1. The smallest absolute Gasteiger partial charge is 0.407 e. The van der Waals surface area contributed by atoms with Gasteiger partial charge in [0, 0.05) is 0 Å². The van der Waals surface area contributed by atoms with Crippen LogP contribution in [0, 0.1) is 5.92 Å². The normalized spacial score (nSPS) is 16.0. The van der Waals surface area contributed by atoms with Gasteiger partial charge in [-0.2, -0.15) is 0 Å². The Kier molecular flexibility index (Phi) is 7.67. The van der Waals surface area contributed by atoms with E-state index >= 15 is 0 Å². The van der Waals surface area contributed by atoms with Crippen LogP contribution in [0.3, 0.4) is 0 Å². The van der Waals surface area contributed by atoms with Gasteiger partial charge in [0.15, 0.2) is 6.10 Å². The van der Waals surface area contributed by atoms with Crippen LogP contribution in [0.2, 0.25) is 0 Å². The number of carbonyl (C=O) groups excluding carboxylic acids is 2. The minimum atomic E-state index is -1.73. The lowest BCUT2D eigenvalue weighted by molar-refractivity contribution is -0.160. The molecule has 1 amide bonds. The lowest BCUT2D eigenvalue weighted by Crippen LogP contribution is -2.54. The Bertz CT molecular complexity index is 350. The second-order valence-electron chi connectivity index (χ2n) is 6.10. The molecule has 21 heavy (non-hydrogen) atoms. The van der Waals surface area contributed by atoms with Crippen molar-refractivity contribution in [3.63, 3.8) is 0 Å². The SMILES string of the molecule is CCOC(=O)[C@H](O)[C@@H](O)[C@@H](NC(=O)OC(C)(C)C)C(C)C. The molecular weight excluding hydrogens is 278 g/mol. The topological polar surface area (TPSA) is 105 Å². The van der Waals surface area contributed by atoms with Crippen LogP contribution in [0.15, 0.2) is 0 Å². The van der Waals surface area contributed by atoms with Crippen LogP contribution in [0.5, 0.6) is 0 Å². The van der Waals surface area contributed by atoms with Gasteiger partial charge in [-0.3, -0.25) is 0 Å². The molecule has 0 radical (unpaired) electrons. The van der Waals surface area contributed by atoms with Crippen molar-refractivity contribution in [2.75, 3.05) is 6.61 Å². The number of nitrogens with one attached hydrogen (secondary N) is 1. The standard InChI is InChI=1S/C14H27NO6/c1-7-20-12(18)11(17)10(16)9(8(2)3)15-13(19)21-14(4,5)6/h8-11,16-17H,7H2,1-6H3,(H,15,19)/t9-,10-,11+/m0/s1. The third kappa shape index (κ3) is 7.29. The second kappa shape index (κ2) is 8.19. The molecule has 0 aliphatic heterocycles. The molecule has 0 aromatic carbocycles. The first kappa shape index (κ1) is 19.7. The van der Waals surface area contributed by atoms with Crippen molar-refractivity contribution in [3.8, 4) is 0 Å². The Morgan fingerprint density at radius 1 is 1.19 bits per heavy atom. The Balaban J connectivity index is 4.82. The van der Waals surface area contributed by atoms with E-state index in [0.717, 1.165) is 0 Å². The Hall–Kier alpha value is -1.34. The van der Waals surface area contributed by atoms with Gasteiger partial charge in [-0.05, 0) is 33.6 Å². The van der Waals surface area contributed by atoms with E-state index in [2.05, 4.69) is 10.1 Å². The van der Waals surface area contributed by atoms with Gasteiger partial charge < -0.3 is 25.0 Å². The van der Waals surface area contributed by atoms with Crippen molar-refractivity contribution in [2.24, 2.45) is 5.92 Å². The Morgan fingerprint density at radius 2 is 1.71 bits per heavy atom. The fourth-order valence-electron chi connectivity index (χ4n) is 1.65. The highest BCUT2D eigenvalue weighted by molar-refractivity contribution is 5.75. The lowest BCUT2D eigenvalue weighted by Gasteiger charge is -2.30. The monoisotopic (exact) mass is 305 g/mol. The number of aliphatic hydroxyl groups excluding tert-OH is 2. The highest BCUT2D eigenvalue weighted by Gasteiger charge is 2.35. The minimum Gasteiger partial charge on any atom is -0.464 e. The molecule has 0 rings (SSSR count). The van der Waals surface area contributed by atoms with Crippen LogP contribution in [0.25, 0.3) is 0 Å². The van der Waals surface area contributed by atoms with Gasteiger partial charge in [-0.25, -0.2) is 9.59 Å². The molecule has 0 aliphatic carbocycles. The lowest BCUT2D eigenvalue weighted by atomic mass is 9.95. The molecule has 7 heteroatoms. The van der Waals surface area contributed by atoms with Crippen molar-refractivity contribution < 1.29 is 29.3 Å². The molecule has 0 aromatic rings. The molecule has 3 N–H and O–H groups in total. The molecule has 0 fully saturated rings. The molecule has 0 saturated heterocycles. The molecule has 0 unspecified atom stereocenters. The molecule has 124 valence electrons. The molecular formula is C14H27NO6. The van der Waals surface area contributed by atoms with Gasteiger partial charge in [0.05, 0.1) is 12.6 Å². The predicted molar refractivity (Wildman–Crippen MR) is 76.6 cm³/mol. The zero-order valence-electron chi connectivity index (χ0n) is 13.5. The van der Waals surface area contributed by atoms with Gasteiger partial charge in [0.2, 0.25) is 0 Å². The fraction of sp³-hybridized carbons (Fsp3) is 0.857. The number of hydrogen-bond donors (Lipinski definition) is 3. The molecule has 0 aliphatic rings. The van der Waals surface area contributed by atoms with Crippen molar-refractivity contribution in [1.82, 2.24) is 5.32 Å². The van der Waals surface area contributed by atoms with Crippen LogP contribution >= 0.6 is 0 Å². The first-order valence-corrected chi connectivity index (χ1v) is 7.01. The molecule has 3 atom stereocenters. The minimum absolute atomic E-state index is 0.0917. The molecule has 0 bridgehead atoms. The Morgan fingerprint density at radius 3 is 2.10 bits per heavy atom. The van der Waals surface area contributed by atoms with Gasteiger partial charge >= 0.3 is 12.1 Å². The van der Waals surface area contributed by atoms with Crippen LogP contribution in [-0.4, -0.2) is 52.7 Å². The number of aliphatic hydroxyl groups is 2. The van der Waals surface area contributed by atoms with Crippen LogP contribution in [0.1, 0.15) is 41.5 Å². The zero-order chi connectivity index (χ0) is 16.8. The summed E-state index contributed by atoms with van der Waals surface area (Å²) in [7, 11) is 0. The predicted octanol–water partition coefficient (Wildman–Crippen LogP) is 0.821. The maximum absolute atomic E-state index is 11.8. The molecule has 0 spiro atoms. The van der Waals surface area contributed by atoms with E-state index in [1.165, 1.54) is 0 Å². The average molecular weight is 305 g/mol. The summed E-state index contributed by atoms with van der Waals surface area (Å²) in [6.45, 7) is 10.3. The van der Waals surface area contributed by atoms with E-state index in [4.69, 9.17) is 4.74 Å². The van der Waals surface area contributed by atoms with Gasteiger partial charge in [0.1, 0.15) is 11.7 Å². The van der Waals surface area contributed by atoms with Gasteiger partial charge in [-0.15, -0.1) is 0 Å². The van der Waals surface area contributed by atoms with Crippen LogP contribution < -0.4 is 5.32 Å². The maximum Gasteiger partial charge on any atom is 0.407 e. The molecule has 7 nitrogen and oxygen atoms in total. The molecule has 0 heterocycles. The van der Waals surface area contributed by atoms with E-state index in [-0.39, 0.29) is 12.5 Å². The third-order valence-electron chi connectivity index (χ3n) is 2.62. The van der Waals surface area contributed by atoms with Crippen LogP contribution in [0.4, 0.5) is 4.79 Å². The quantitative estimate of drug-likeness (QED) is 0.628. The number of hydrogen-bond acceptors (Lipinski definition) is 6. The number of esters is 1. The fourth-order valence-corrected chi connectivity index (χ4v) is 1.65. The summed E-state index contributed by atoms with van der Waals surface area (Å²) in [5.41, 5.74) is -0.684. The number of alkyl carbamates (subject to hydrolysis) is 1. The van der Waals surface area contributed by atoms with Crippen LogP contribution in [-0.2, 0) is 14.3 Å². The largest absolute Gasteiger partial charge is 0.464 e. The number of carbonyl (C=O) groups is 2. The van der Waals surface area contributed by atoms with E-state index < -0.39 is 35.9 Å². The summed E-state index contributed by atoms with van der Waals surface area (Å²) < 4.78 is 9.74. The van der Waals surface area contributed by atoms with E-state index in [1.807, 2.05) is 0 Å². The zero-order valence-corrected chi connectivity index (χ0v) is 13.5. The number of rotatable bonds is 6. The van der Waals surface area contributed by atoms with E-state index in [1.54, 1.807) is 41.5 Å². The highest BCUT2D eigenvalue weighted by atomic mass is 16.6. The van der Waals surface area contributed by atoms with E-state index in [0.29, 0.717) is 0 Å². The third-order valence-corrected chi connectivity index (χ3v) is 2.62. The summed E-state index contributed by atoms with van der Waals surface area (Å²) >= 11 is 0. The first-order valence-electron chi connectivity index (χ1n) is 7.01. The van der Waals surface area contributed by atoms with E-state index in [9.17, 15) is 19.8 Å². The summed E-state index contributed by atoms with van der Waals surface area (Å²) in [5, 5.41) is 22.3. The molecule has 0 aromatic heterocycles. The van der Waals surface area contributed by atoms with Crippen molar-refractivity contribution >= 4 is 12.1 Å². The van der Waals surface area contributed by atoms with Gasteiger partial charge in [-0.1, -0.05) is 13.8 Å². The summed E-state index contributed by atoms with van der Waals surface area (Å²) in [6.07, 6.45) is -3.94. The summed E-state index contributed by atoms with van der Waals surface area (Å²) in [4.78, 5) is 23.2. The van der Waals surface area contributed by atoms with Crippen molar-refractivity contribution in [2.45, 2.75) is 65.4 Å². The summed E-state index contributed by atoms with van der Waals surface area (Å²) in [5.74, 6) is -1.15. The summed E-state index contributed by atoms with van der Waals surface area (Å²) in [6, 6.07) is -0.848. The number of ether oxygens (including phenoxy) is 2. The van der Waals surface area contributed by atoms with Gasteiger partial charge in [0.25, 0.3) is 0 Å². The van der Waals surface area contributed by atoms with Crippen molar-refractivity contribution in [1.29, 1.82) is 0 Å². The Labute approximate surface area is 125 Å². The maximum atomic E-state index is 11.8. The average Bonchev–Trinajstić information content (AvgIpc) is 2.32. The van der Waals surface area contributed by atoms with Crippen molar-refractivity contribution in [3.05, 3.63) is 0 Å². The second-order valence-corrected chi connectivity index (χ2v) is 6.10. The first-order chi connectivity index (χ1) is 9.49. The highest BCUT2D eigenvalue weighted by Crippen LogP contribution is 2.13.